The molecule has 2 rings (SSSR count). The van der Waals surface area contributed by atoms with E-state index in [2.05, 4.69) is 15.3 Å². The van der Waals surface area contributed by atoms with Gasteiger partial charge in [0.25, 0.3) is 5.91 Å². The SMILES string of the molecule is CSc1ccc(Cl)c(C(=O)Nc2cnn(CCN(C)C)c2)c1. The van der Waals surface area contributed by atoms with Gasteiger partial charge >= 0.3 is 0 Å². The summed E-state index contributed by atoms with van der Waals surface area (Å²) in [4.78, 5) is 15.4. The van der Waals surface area contributed by atoms with Gasteiger partial charge in [-0.05, 0) is 38.6 Å². The number of nitrogens with zero attached hydrogens (tertiary/aromatic N) is 3. The minimum absolute atomic E-state index is 0.229. The number of carbonyl (C=O) groups is 1. The van der Waals surface area contributed by atoms with Crippen LogP contribution in [-0.2, 0) is 6.54 Å². The van der Waals surface area contributed by atoms with Crippen molar-refractivity contribution in [3.8, 4) is 0 Å². The summed E-state index contributed by atoms with van der Waals surface area (Å²) in [6.45, 7) is 1.66. The van der Waals surface area contributed by atoms with Crippen LogP contribution >= 0.6 is 23.4 Å². The zero-order valence-electron chi connectivity index (χ0n) is 12.8. The van der Waals surface area contributed by atoms with E-state index in [1.54, 1.807) is 34.8 Å². The number of aromatic nitrogens is 2. The lowest BCUT2D eigenvalue weighted by molar-refractivity contribution is 0.102. The molecule has 0 aliphatic carbocycles. The number of rotatable bonds is 6. The average Bonchev–Trinajstić information content (AvgIpc) is 2.93. The lowest BCUT2D eigenvalue weighted by Gasteiger charge is -2.08. The largest absolute Gasteiger partial charge is 0.319 e. The quantitative estimate of drug-likeness (QED) is 0.822. The van der Waals surface area contributed by atoms with Crippen molar-refractivity contribution in [2.75, 3.05) is 32.2 Å². The van der Waals surface area contributed by atoms with Crippen LogP contribution in [0.15, 0.2) is 35.5 Å². The Morgan fingerprint density at radius 2 is 2.23 bits per heavy atom. The van der Waals surface area contributed by atoms with E-state index < -0.39 is 0 Å². The molecule has 22 heavy (non-hydrogen) atoms. The molecular formula is C15H19ClN4OS. The topological polar surface area (TPSA) is 50.2 Å². The van der Waals surface area contributed by atoms with E-state index in [-0.39, 0.29) is 5.91 Å². The van der Waals surface area contributed by atoms with Crippen LogP contribution in [0.3, 0.4) is 0 Å². The average molecular weight is 339 g/mol. The molecule has 0 saturated heterocycles. The molecule has 0 aliphatic heterocycles. The first kappa shape index (κ1) is 16.9. The number of benzene rings is 1. The Morgan fingerprint density at radius 1 is 1.45 bits per heavy atom. The third-order valence-corrected chi connectivity index (χ3v) is 4.14. The van der Waals surface area contributed by atoms with Crippen molar-refractivity contribution < 1.29 is 4.79 Å². The van der Waals surface area contributed by atoms with Gasteiger partial charge in [0.1, 0.15) is 0 Å². The fraction of sp³-hybridized carbons (Fsp3) is 0.333. The summed E-state index contributed by atoms with van der Waals surface area (Å²) in [5, 5.41) is 7.50. The van der Waals surface area contributed by atoms with Crippen molar-refractivity contribution in [1.29, 1.82) is 0 Å². The maximum atomic E-state index is 12.3. The molecule has 0 unspecified atom stereocenters. The molecule has 0 aliphatic rings. The van der Waals surface area contributed by atoms with E-state index in [1.807, 2.05) is 32.6 Å². The zero-order chi connectivity index (χ0) is 16.1. The lowest BCUT2D eigenvalue weighted by atomic mass is 10.2. The maximum absolute atomic E-state index is 12.3. The second-order valence-corrected chi connectivity index (χ2v) is 6.38. The maximum Gasteiger partial charge on any atom is 0.257 e. The van der Waals surface area contributed by atoms with Crippen LogP contribution in [0.5, 0.6) is 0 Å². The van der Waals surface area contributed by atoms with Crippen LogP contribution in [0.25, 0.3) is 0 Å². The van der Waals surface area contributed by atoms with Gasteiger partial charge in [0.15, 0.2) is 0 Å². The van der Waals surface area contributed by atoms with Crippen LogP contribution in [0.1, 0.15) is 10.4 Å². The predicted octanol–water partition coefficient (Wildman–Crippen LogP) is 3.07. The molecule has 0 spiro atoms. The fourth-order valence-corrected chi connectivity index (χ4v) is 2.50. The molecule has 1 amide bonds. The standard InChI is InChI=1S/C15H19ClN4OS/c1-19(2)6-7-20-10-11(9-17-20)18-15(21)13-8-12(22-3)4-5-14(13)16/h4-5,8-10H,6-7H2,1-3H3,(H,18,21). The van der Waals surface area contributed by atoms with Crippen molar-refractivity contribution in [3.63, 3.8) is 0 Å². The molecule has 1 N–H and O–H groups in total. The number of likely N-dealkylation sites (N-methyl/N-ethyl adjacent to an activating group) is 1. The molecule has 118 valence electrons. The van der Waals surface area contributed by atoms with E-state index in [0.29, 0.717) is 16.3 Å². The first-order valence-electron chi connectivity index (χ1n) is 6.81. The molecular weight excluding hydrogens is 320 g/mol. The summed E-state index contributed by atoms with van der Waals surface area (Å²) >= 11 is 7.68. The highest BCUT2D eigenvalue weighted by molar-refractivity contribution is 7.98. The molecule has 0 bridgehead atoms. The van der Waals surface area contributed by atoms with E-state index in [9.17, 15) is 4.79 Å². The molecule has 1 aromatic heterocycles. The molecule has 2 aromatic rings. The van der Waals surface area contributed by atoms with E-state index in [0.717, 1.165) is 18.0 Å². The third-order valence-electron chi connectivity index (χ3n) is 3.09. The lowest BCUT2D eigenvalue weighted by Crippen LogP contribution is -2.18. The van der Waals surface area contributed by atoms with Gasteiger partial charge in [-0.15, -0.1) is 11.8 Å². The summed E-state index contributed by atoms with van der Waals surface area (Å²) in [5.74, 6) is -0.229. The van der Waals surface area contributed by atoms with Crippen LogP contribution in [-0.4, -0.2) is 47.5 Å². The molecule has 1 heterocycles. The van der Waals surface area contributed by atoms with Crippen molar-refractivity contribution in [2.45, 2.75) is 11.4 Å². The Labute approximate surface area is 139 Å². The van der Waals surface area contributed by atoms with Gasteiger partial charge in [0.2, 0.25) is 0 Å². The van der Waals surface area contributed by atoms with E-state index >= 15 is 0 Å². The Bertz CT molecular complexity index is 657. The normalized spacial score (nSPS) is 11.0. The highest BCUT2D eigenvalue weighted by atomic mass is 35.5. The molecule has 0 atom stereocenters. The number of anilines is 1. The number of halogens is 1. The molecule has 7 heteroatoms. The Morgan fingerprint density at radius 3 is 2.91 bits per heavy atom. The van der Waals surface area contributed by atoms with Gasteiger partial charge in [-0.2, -0.15) is 5.10 Å². The van der Waals surface area contributed by atoms with E-state index in [1.165, 1.54) is 0 Å². The predicted molar refractivity (Wildman–Crippen MR) is 92.0 cm³/mol. The number of hydrogen-bond acceptors (Lipinski definition) is 4. The molecule has 5 nitrogen and oxygen atoms in total. The van der Waals surface area contributed by atoms with Gasteiger partial charge in [-0.25, -0.2) is 0 Å². The second kappa shape index (κ2) is 7.67. The van der Waals surface area contributed by atoms with Crippen LogP contribution in [0.4, 0.5) is 5.69 Å². The monoisotopic (exact) mass is 338 g/mol. The first-order chi connectivity index (χ1) is 10.5. The van der Waals surface area contributed by atoms with E-state index in [4.69, 9.17) is 11.6 Å². The summed E-state index contributed by atoms with van der Waals surface area (Å²) in [6.07, 6.45) is 5.41. The number of thioether (sulfide) groups is 1. The van der Waals surface area contributed by atoms with Crippen molar-refractivity contribution in [2.24, 2.45) is 0 Å². The van der Waals surface area contributed by atoms with Crippen molar-refractivity contribution in [3.05, 3.63) is 41.2 Å². The smallest absolute Gasteiger partial charge is 0.257 e. The van der Waals surface area contributed by atoms with Crippen molar-refractivity contribution >= 4 is 35.0 Å². The molecule has 0 fully saturated rings. The minimum Gasteiger partial charge on any atom is -0.319 e. The van der Waals surface area contributed by atoms with Gasteiger partial charge in [0, 0.05) is 17.6 Å². The minimum atomic E-state index is -0.229. The fourth-order valence-electron chi connectivity index (χ4n) is 1.86. The summed E-state index contributed by atoms with van der Waals surface area (Å²) in [6, 6.07) is 5.42. The Balaban J connectivity index is 2.06. The zero-order valence-corrected chi connectivity index (χ0v) is 14.4. The number of carbonyl (C=O) groups excluding carboxylic acids is 1. The van der Waals surface area contributed by atoms with Crippen LogP contribution in [0, 0.1) is 0 Å². The number of amides is 1. The highest BCUT2D eigenvalue weighted by Crippen LogP contribution is 2.23. The third kappa shape index (κ3) is 4.50. The van der Waals surface area contributed by atoms with Crippen LogP contribution in [0.2, 0.25) is 5.02 Å². The molecule has 0 saturated carbocycles. The second-order valence-electron chi connectivity index (χ2n) is 5.10. The molecule has 0 radical (unpaired) electrons. The Hall–Kier alpha value is -1.50. The van der Waals surface area contributed by atoms with Crippen LogP contribution < -0.4 is 5.32 Å². The number of nitrogens with one attached hydrogen (secondary N) is 1. The molecule has 1 aromatic carbocycles. The van der Waals surface area contributed by atoms with Gasteiger partial charge in [-0.1, -0.05) is 11.6 Å². The Kier molecular flexibility index (Phi) is 5.88. The highest BCUT2D eigenvalue weighted by Gasteiger charge is 2.12. The van der Waals surface area contributed by atoms with Gasteiger partial charge in [-0.3, -0.25) is 9.48 Å². The van der Waals surface area contributed by atoms with Crippen molar-refractivity contribution in [1.82, 2.24) is 14.7 Å². The van der Waals surface area contributed by atoms with Gasteiger partial charge in [0.05, 0.1) is 29.0 Å². The first-order valence-corrected chi connectivity index (χ1v) is 8.42. The summed E-state index contributed by atoms with van der Waals surface area (Å²) in [5.41, 5.74) is 1.13. The number of hydrogen-bond donors (Lipinski definition) is 1. The summed E-state index contributed by atoms with van der Waals surface area (Å²) < 4.78 is 1.80. The van der Waals surface area contributed by atoms with Gasteiger partial charge < -0.3 is 10.2 Å². The summed E-state index contributed by atoms with van der Waals surface area (Å²) in [7, 11) is 4.01.